The average Bonchev–Trinajstić information content (AvgIpc) is 3.48. The lowest BCUT2D eigenvalue weighted by atomic mass is 10.1. The van der Waals surface area contributed by atoms with E-state index in [4.69, 9.17) is 4.98 Å². The fourth-order valence-electron chi connectivity index (χ4n) is 4.41. The molecule has 2 aliphatic heterocycles. The molecule has 0 aromatic carbocycles. The maximum Gasteiger partial charge on any atom is 0.273 e. The molecular weight excluding hydrogens is 426 g/mol. The van der Waals surface area contributed by atoms with Crippen molar-refractivity contribution in [2.45, 2.75) is 38.8 Å². The molecule has 0 saturated carbocycles. The minimum Gasteiger partial charge on any atom is -0.333 e. The highest BCUT2D eigenvalue weighted by Crippen LogP contribution is 2.31. The molecule has 2 aliphatic rings. The molecule has 0 unspecified atom stereocenters. The van der Waals surface area contributed by atoms with E-state index in [1.807, 2.05) is 19.1 Å². The Bertz CT molecular complexity index is 1240. The number of nitrogens with zero attached hydrogens (tertiary/aromatic N) is 4. The quantitative estimate of drug-likeness (QED) is 0.663. The number of thiophene rings is 1. The van der Waals surface area contributed by atoms with Gasteiger partial charge in [-0.3, -0.25) is 19.4 Å². The van der Waals surface area contributed by atoms with Crippen molar-refractivity contribution in [1.82, 2.24) is 24.8 Å². The lowest BCUT2D eigenvalue weighted by Crippen LogP contribution is -2.40. The molecule has 9 heteroatoms. The molecule has 3 aromatic rings. The second-order valence-electron chi connectivity index (χ2n) is 8.13. The van der Waals surface area contributed by atoms with Crippen molar-refractivity contribution < 1.29 is 9.59 Å². The summed E-state index contributed by atoms with van der Waals surface area (Å²) in [6, 6.07) is 8.73. The number of hydrogen-bond acceptors (Lipinski definition) is 6. The van der Waals surface area contributed by atoms with E-state index in [9.17, 15) is 14.4 Å². The second kappa shape index (κ2) is 8.31. The predicted octanol–water partition coefficient (Wildman–Crippen LogP) is 2.71. The Balaban J connectivity index is 1.39. The summed E-state index contributed by atoms with van der Waals surface area (Å²) in [5.74, 6) is 0.306. The first kappa shape index (κ1) is 20.6. The van der Waals surface area contributed by atoms with Crippen molar-refractivity contribution >= 4 is 23.2 Å². The molecular formula is C23H23N5O3S. The minimum atomic E-state index is -0.281. The third kappa shape index (κ3) is 3.73. The molecule has 5 rings (SSSR count). The van der Waals surface area contributed by atoms with Gasteiger partial charge >= 0.3 is 0 Å². The molecule has 164 valence electrons. The van der Waals surface area contributed by atoms with E-state index in [0.29, 0.717) is 47.2 Å². The first-order chi connectivity index (χ1) is 15.5. The van der Waals surface area contributed by atoms with Crippen LogP contribution in [0.5, 0.6) is 0 Å². The molecule has 1 atom stereocenters. The first-order valence-electron chi connectivity index (χ1n) is 10.7. The van der Waals surface area contributed by atoms with Crippen LogP contribution in [0, 0.1) is 6.92 Å². The van der Waals surface area contributed by atoms with Gasteiger partial charge < -0.3 is 14.8 Å². The number of carbonyl (C=O) groups is 2. The Labute approximate surface area is 188 Å². The summed E-state index contributed by atoms with van der Waals surface area (Å²) < 4.78 is 0. The summed E-state index contributed by atoms with van der Waals surface area (Å²) in [7, 11) is 0. The summed E-state index contributed by atoms with van der Waals surface area (Å²) in [5.41, 5.74) is 1.40. The molecule has 8 nitrogen and oxygen atoms in total. The van der Waals surface area contributed by atoms with Gasteiger partial charge in [0.1, 0.15) is 11.5 Å². The number of aromatic amines is 1. The van der Waals surface area contributed by atoms with Crippen LogP contribution in [0.3, 0.4) is 0 Å². The number of aromatic nitrogens is 3. The van der Waals surface area contributed by atoms with Gasteiger partial charge in [-0.25, -0.2) is 4.98 Å². The van der Waals surface area contributed by atoms with E-state index in [2.05, 4.69) is 9.97 Å². The fraction of sp³-hybridized carbons (Fsp3) is 0.348. The van der Waals surface area contributed by atoms with Gasteiger partial charge in [0, 0.05) is 30.6 Å². The zero-order valence-electron chi connectivity index (χ0n) is 17.7. The smallest absolute Gasteiger partial charge is 0.273 e. The van der Waals surface area contributed by atoms with E-state index < -0.39 is 0 Å². The highest BCUT2D eigenvalue weighted by atomic mass is 32.1. The Morgan fingerprint density at radius 3 is 2.78 bits per heavy atom. The molecule has 0 radical (unpaired) electrons. The number of carbonyl (C=O) groups excluding carboxylic acids is 2. The fourth-order valence-corrected chi connectivity index (χ4v) is 5.25. The number of fused-ring (bicyclic) bond motifs is 1. The third-order valence-corrected chi connectivity index (χ3v) is 7.03. The summed E-state index contributed by atoms with van der Waals surface area (Å²) in [5, 5.41) is 0. The van der Waals surface area contributed by atoms with Crippen LogP contribution in [-0.4, -0.2) is 49.7 Å². The van der Waals surface area contributed by atoms with E-state index in [-0.39, 0.29) is 30.0 Å². The van der Waals surface area contributed by atoms with Crippen LogP contribution in [0.1, 0.15) is 61.0 Å². The highest BCUT2D eigenvalue weighted by Gasteiger charge is 2.34. The summed E-state index contributed by atoms with van der Waals surface area (Å²) >= 11 is 1.46. The summed E-state index contributed by atoms with van der Waals surface area (Å²) in [4.78, 5) is 55.8. The SMILES string of the molecule is Cc1ccc(C(=O)N2CCc3nc([C@H]4CCCN4C(=O)c4ccccn4)[nH]c(=O)c3C2)s1. The number of nitrogens with one attached hydrogen (secondary N) is 1. The number of amides is 2. The second-order valence-corrected chi connectivity index (χ2v) is 9.42. The predicted molar refractivity (Wildman–Crippen MR) is 120 cm³/mol. The van der Waals surface area contributed by atoms with Crippen LogP contribution < -0.4 is 5.56 Å². The highest BCUT2D eigenvalue weighted by molar-refractivity contribution is 7.13. The lowest BCUT2D eigenvalue weighted by molar-refractivity contribution is 0.0714. The van der Waals surface area contributed by atoms with E-state index >= 15 is 0 Å². The van der Waals surface area contributed by atoms with Crippen molar-refractivity contribution in [2.24, 2.45) is 0 Å². The number of rotatable bonds is 3. The molecule has 3 aromatic heterocycles. The lowest BCUT2D eigenvalue weighted by Gasteiger charge is -2.29. The molecule has 0 aliphatic carbocycles. The number of pyridine rings is 1. The number of hydrogen-bond donors (Lipinski definition) is 1. The molecule has 0 bridgehead atoms. The number of aryl methyl sites for hydroxylation is 1. The summed E-state index contributed by atoms with van der Waals surface area (Å²) in [6.07, 6.45) is 3.69. The van der Waals surface area contributed by atoms with Crippen LogP contribution in [0.15, 0.2) is 41.3 Å². The molecule has 1 fully saturated rings. The number of likely N-dealkylation sites (tertiary alicyclic amines) is 1. The van der Waals surface area contributed by atoms with E-state index in [0.717, 1.165) is 17.7 Å². The van der Waals surface area contributed by atoms with E-state index in [1.54, 1.807) is 34.2 Å². The molecule has 5 heterocycles. The monoisotopic (exact) mass is 449 g/mol. The van der Waals surface area contributed by atoms with E-state index in [1.165, 1.54) is 11.3 Å². The molecule has 1 saturated heterocycles. The normalized spacial score (nSPS) is 18.0. The zero-order valence-corrected chi connectivity index (χ0v) is 18.5. The standard InChI is InChI=1S/C23H23N5O3S/c1-14-7-8-19(32-14)23(31)27-12-9-16-15(13-27)21(29)26-20(25-16)18-6-4-11-28(18)22(30)17-5-2-3-10-24-17/h2-3,5,7-8,10,18H,4,6,9,11-13H2,1H3,(H,25,26,29)/t18-/m1/s1. The van der Waals surface area contributed by atoms with Crippen LogP contribution in [-0.2, 0) is 13.0 Å². The minimum absolute atomic E-state index is 0.0554. The Morgan fingerprint density at radius 2 is 2.03 bits per heavy atom. The molecule has 2 amide bonds. The largest absolute Gasteiger partial charge is 0.333 e. The summed E-state index contributed by atoms with van der Waals surface area (Å²) in [6.45, 7) is 3.33. The van der Waals surface area contributed by atoms with Crippen molar-refractivity contribution in [2.75, 3.05) is 13.1 Å². The Hall–Kier alpha value is -3.33. The van der Waals surface area contributed by atoms with Crippen LogP contribution in [0.25, 0.3) is 0 Å². The van der Waals surface area contributed by atoms with Gasteiger partial charge in [-0.15, -0.1) is 11.3 Å². The van der Waals surface area contributed by atoms with Gasteiger partial charge in [-0.1, -0.05) is 6.07 Å². The first-order valence-corrected chi connectivity index (χ1v) is 11.5. The van der Waals surface area contributed by atoms with Crippen molar-refractivity contribution in [1.29, 1.82) is 0 Å². The van der Waals surface area contributed by atoms with Gasteiger partial charge in [0.15, 0.2) is 0 Å². The van der Waals surface area contributed by atoms with Crippen molar-refractivity contribution in [3.63, 3.8) is 0 Å². The van der Waals surface area contributed by atoms with Gasteiger partial charge in [0.25, 0.3) is 17.4 Å². The van der Waals surface area contributed by atoms with Crippen molar-refractivity contribution in [3.8, 4) is 0 Å². The molecule has 32 heavy (non-hydrogen) atoms. The Kier molecular flexibility index (Phi) is 5.34. The Morgan fingerprint density at radius 1 is 1.16 bits per heavy atom. The zero-order chi connectivity index (χ0) is 22.2. The van der Waals surface area contributed by atoms with Gasteiger partial charge in [-0.2, -0.15) is 0 Å². The van der Waals surface area contributed by atoms with Crippen LogP contribution in [0.4, 0.5) is 0 Å². The third-order valence-electron chi connectivity index (χ3n) is 6.04. The van der Waals surface area contributed by atoms with Gasteiger partial charge in [0.2, 0.25) is 0 Å². The van der Waals surface area contributed by atoms with Crippen molar-refractivity contribution in [3.05, 3.63) is 79.4 Å². The topological polar surface area (TPSA) is 99.3 Å². The molecule has 1 N–H and O–H groups in total. The maximum atomic E-state index is 13.0. The average molecular weight is 450 g/mol. The number of H-pyrrole nitrogens is 1. The van der Waals surface area contributed by atoms with Gasteiger partial charge in [0.05, 0.1) is 28.7 Å². The maximum absolute atomic E-state index is 13.0. The molecule has 0 spiro atoms. The van der Waals surface area contributed by atoms with Crippen LogP contribution >= 0.6 is 11.3 Å². The van der Waals surface area contributed by atoms with Crippen LogP contribution in [0.2, 0.25) is 0 Å². The van der Waals surface area contributed by atoms with Gasteiger partial charge in [-0.05, 0) is 44.0 Å².